The van der Waals surface area contributed by atoms with Gasteiger partial charge < -0.3 is 20.4 Å². The third kappa shape index (κ3) is 4.88. The number of amides is 1. The highest BCUT2D eigenvalue weighted by molar-refractivity contribution is 5.98. The molecule has 0 saturated carbocycles. The summed E-state index contributed by atoms with van der Waals surface area (Å²) in [6, 6.07) is 4.49. The Labute approximate surface area is 181 Å². The smallest absolute Gasteiger partial charge is 0.244 e. The van der Waals surface area contributed by atoms with E-state index in [2.05, 4.69) is 15.5 Å². The number of carbonyl (C=O) groups is 1. The fraction of sp³-hybridized carbons (Fsp3) is 0.526. The molecule has 0 atom stereocenters. The van der Waals surface area contributed by atoms with Crippen molar-refractivity contribution in [2.75, 3.05) is 18.5 Å². The molecule has 2 aliphatic heterocycles. The fourth-order valence-corrected chi connectivity index (χ4v) is 3.68. The van der Waals surface area contributed by atoms with E-state index < -0.39 is 5.54 Å². The first kappa shape index (κ1) is 23.5. The van der Waals surface area contributed by atoms with Crippen molar-refractivity contribution in [2.45, 2.75) is 50.6 Å². The molecular weight excluding hydrogens is 420 g/mol. The lowest BCUT2D eigenvalue weighted by molar-refractivity contribution is -0.124. The van der Waals surface area contributed by atoms with E-state index >= 15 is 0 Å². The minimum absolute atomic E-state index is 0. The number of halogens is 3. The molecule has 2 aromatic rings. The number of fused-ring (bicyclic) bond motifs is 1. The number of aryl methyl sites for hydroxylation is 1. The van der Waals surface area contributed by atoms with E-state index in [9.17, 15) is 9.18 Å². The zero-order valence-corrected chi connectivity index (χ0v) is 17.7. The molecular formula is C19H26Cl2FN5O2. The summed E-state index contributed by atoms with van der Waals surface area (Å²) < 4.78 is 21.8. The van der Waals surface area contributed by atoms with Gasteiger partial charge >= 0.3 is 0 Å². The van der Waals surface area contributed by atoms with Crippen LogP contribution in [-0.2, 0) is 22.5 Å². The van der Waals surface area contributed by atoms with E-state index in [0.717, 1.165) is 38.1 Å². The van der Waals surface area contributed by atoms with Crippen LogP contribution in [-0.4, -0.2) is 39.4 Å². The first-order valence-electron chi connectivity index (χ1n) is 9.47. The Morgan fingerprint density at radius 1 is 1.17 bits per heavy atom. The van der Waals surface area contributed by atoms with Gasteiger partial charge in [0.25, 0.3) is 0 Å². The second-order valence-electron chi connectivity index (χ2n) is 7.32. The van der Waals surface area contributed by atoms with E-state index in [1.165, 1.54) is 6.07 Å². The van der Waals surface area contributed by atoms with Crippen molar-refractivity contribution < 1.29 is 13.9 Å². The number of nitrogens with zero attached hydrogens (tertiary/aromatic N) is 3. The van der Waals surface area contributed by atoms with Crippen molar-refractivity contribution in [2.24, 2.45) is 5.73 Å². The first-order chi connectivity index (χ1) is 13.1. The predicted octanol–water partition coefficient (Wildman–Crippen LogP) is 3.10. The molecule has 0 spiro atoms. The summed E-state index contributed by atoms with van der Waals surface area (Å²) in [4.78, 5) is 12.6. The molecule has 0 unspecified atom stereocenters. The molecule has 3 N–H and O–H groups in total. The number of hydrogen-bond donors (Lipinski definition) is 2. The molecule has 4 rings (SSSR count). The van der Waals surface area contributed by atoms with Crippen molar-refractivity contribution in [1.82, 2.24) is 14.8 Å². The van der Waals surface area contributed by atoms with Gasteiger partial charge in [0.2, 0.25) is 5.91 Å². The standard InChI is InChI=1S/C19H24FN5O2.2ClH/c20-15-6-5-13(22-18(26)19(21)7-10-27-11-8-19)12-14(15)17-24-23-16-4-2-1-3-9-25(16)17;;/h5-6,12H,1-4,7-11,21H2,(H,22,26);2*1H. The number of ether oxygens (including phenoxy) is 1. The van der Waals surface area contributed by atoms with Crippen LogP contribution in [0.2, 0.25) is 0 Å². The lowest BCUT2D eigenvalue weighted by Gasteiger charge is -2.31. The van der Waals surface area contributed by atoms with E-state index in [4.69, 9.17) is 10.5 Å². The number of nitrogens with two attached hydrogens (primary N) is 1. The number of nitrogens with one attached hydrogen (secondary N) is 1. The van der Waals surface area contributed by atoms with Gasteiger partial charge in [-0.15, -0.1) is 35.0 Å². The van der Waals surface area contributed by atoms with Crippen molar-refractivity contribution in [3.8, 4) is 11.4 Å². The van der Waals surface area contributed by atoms with Crippen molar-refractivity contribution in [3.63, 3.8) is 0 Å². The van der Waals surface area contributed by atoms with Crippen LogP contribution >= 0.6 is 24.8 Å². The fourth-order valence-electron chi connectivity index (χ4n) is 3.68. The van der Waals surface area contributed by atoms with Gasteiger partial charge in [-0.25, -0.2) is 4.39 Å². The van der Waals surface area contributed by atoms with E-state index in [1.807, 2.05) is 4.57 Å². The summed E-state index contributed by atoms with van der Waals surface area (Å²) in [5.74, 6) is 0.734. The maximum absolute atomic E-state index is 14.5. The Morgan fingerprint density at radius 2 is 1.93 bits per heavy atom. The van der Waals surface area contributed by atoms with Gasteiger partial charge in [-0.1, -0.05) is 6.42 Å². The molecule has 160 valence electrons. The summed E-state index contributed by atoms with van der Waals surface area (Å²) >= 11 is 0. The maximum Gasteiger partial charge on any atom is 0.244 e. The highest BCUT2D eigenvalue weighted by atomic mass is 35.5. The molecule has 7 nitrogen and oxygen atoms in total. The average molecular weight is 446 g/mol. The number of benzene rings is 1. The van der Waals surface area contributed by atoms with Crippen molar-refractivity contribution in [1.29, 1.82) is 0 Å². The number of rotatable bonds is 3. The lowest BCUT2D eigenvalue weighted by Crippen LogP contribution is -2.54. The van der Waals surface area contributed by atoms with Crippen LogP contribution in [0.5, 0.6) is 0 Å². The summed E-state index contributed by atoms with van der Waals surface area (Å²) in [6.07, 6.45) is 4.99. The largest absolute Gasteiger partial charge is 0.381 e. The molecule has 1 aromatic heterocycles. The SMILES string of the molecule is Cl.Cl.NC1(C(=O)Nc2ccc(F)c(-c3nnc4n3CCCCC4)c2)CCOCC1. The molecule has 10 heteroatoms. The van der Waals surface area contributed by atoms with Crippen LogP contribution in [0, 0.1) is 5.82 Å². The normalized spacial score (nSPS) is 17.9. The van der Waals surface area contributed by atoms with E-state index in [-0.39, 0.29) is 36.5 Å². The van der Waals surface area contributed by atoms with Crippen LogP contribution in [0.1, 0.15) is 37.9 Å². The second kappa shape index (κ2) is 9.84. The average Bonchev–Trinajstić information content (AvgIpc) is 2.91. The third-order valence-corrected chi connectivity index (χ3v) is 5.41. The summed E-state index contributed by atoms with van der Waals surface area (Å²) in [6.45, 7) is 1.70. The Kier molecular flexibility index (Phi) is 7.99. The van der Waals surface area contributed by atoms with Crippen LogP contribution in [0.15, 0.2) is 18.2 Å². The van der Waals surface area contributed by atoms with Gasteiger partial charge in [0.1, 0.15) is 17.2 Å². The minimum atomic E-state index is -0.960. The monoisotopic (exact) mass is 445 g/mol. The van der Waals surface area contributed by atoms with Gasteiger partial charge in [0.15, 0.2) is 5.82 Å². The minimum Gasteiger partial charge on any atom is -0.381 e. The lowest BCUT2D eigenvalue weighted by atomic mass is 9.90. The van der Waals surface area contributed by atoms with Crippen LogP contribution in [0.25, 0.3) is 11.4 Å². The van der Waals surface area contributed by atoms with E-state index in [0.29, 0.717) is 43.1 Å². The van der Waals surface area contributed by atoms with Gasteiger partial charge in [-0.2, -0.15) is 0 Å². The molecule has 0 aliphatic carbocycles. The Bertz CT molecular complexity index is 855. The maximum atomic E-state index is 14.5. The molecule has 1 aromatic carbocycles. The Morgan fingerprint density at radius 3 is 2.69 bits per heavy atom. The van der Waals surface area contributed by atoms with Crippen LogP contribution in [0.3, 0.4) is 0 Å². The van der Waals surface area contributed by atoms with Crippen LogP contribution < -0.4 is 11.1 Å². The van der Waals surface area contributed by atoms with Gasteiger partial charge in [-0.3, -0.25) is 4.79 Å². The topological polar surface area (TPSA) is 95.1 Å². The molecule has 0 radical (unpaired) electrons. The molecule has 1 fully saturated rings. The van der Waals surface area contributed by atoms with E-state index in [1.54, 1.807) is 12.1 Å². The number of carbonyl (C=O) groups excluding carboxylic acids is 1. The zero-order chi connectivity index (χ0) is 18.9. The number of anilines is 1. The second-order valence-corrected chi connectivity index (χ2v) is 7.32. The number of aromatic nitrogens is 3. The molecule has 1 saturated heterocycles. The third-order valence-electron chi connectivity index (χ3n) is 5.41. The van der Waals surface area contributed by atoms with Gasteiger partial charge in [0.05, 0.1) is 5.56 Å². The van der Waals surface area contributed by atoms with Crippen molar-refractivity contribution >= 4 is 36.4 Å². The predicted molar refractivity (Wildman–Crippen MR) is 113 cm³/mol. The van der Waals surface area contributed by atoms with Crippen LogP contribution in [0.4, 0.5) is 10.1 Å². The van der Waals surface area contributed by atoms with Crippen molar-refractivity contribution in [3.05, 3.63) is 29.8 Å². The molecule has 3 heterocycles. The molecule has 0 bridgehead atoms. The van der Waals surface area contributed by atoms with Gasteiger partial charge in [-0.05, 0) is 43.9 Å². The molecule has 29 heavy (non-hydrogen) atoms. The quantitative estimate of drug-likeness (QED) is 0.756. The first-order valence-corrected chi connectivity index (χ1v) is 9.47. The summed E-state index contributed by atoms with van der Waals surface area (Å²) in [5, 5.41) is 11.3. The summed E-state index contributed by atoms with van der Waals surface area (Å²) in [5.41, 5.74) is 6.11. The molecule has 2 aliphatic rings. The highest BCUT2D eigenvalue weighted by Gasteiger charge is 2.36. The molecule has 1 amide bonds. The zero-order valence-electron chi connectivity index (χ0n) is 16.0. The number of hydrogen-bond acceptors (Lipinski definition) is 5. The Hall–Kier alpha value is -1.74. The highest BCUT2D eigenvalue weighted by Crippen LogP contribution is 2.28. The summed E-state index contributed by atoms with van der Waals surface area (Å²) in [7, 11) is 0. The Balaban J connectivity index is 0.00000150. The van der Waals surface area contributed by atoms with Gasteiger partial charge in [0, 0.05) is 31.9 Å².